The van der Waals surface area contributed by atoms with Crippen molar-refractivity contribution in [3.05, 3.63) is 132 Å². The summed E-state index contributed by atoms with van der Waals surface area (Å²) in [6.45, 7) is 3.23. The van der Waals surface area contributed by atoms with Crippen LogP contribution >= 0.6 is 0 Å². The number of rotatable bonds is 11. The van der Waals surface area contributed by atoms with E-state index in [1.54, 1.807) is 0 Å². The molecule has 2 aliphatic rings. The van der Waals surface area contributed by atoms with Gasteiger partial charge in [-0.05, 0) is 101 Å². The summed E-state index contributed by atoms with van der Waals surface area (Å²) in [5.41, 5.74) is 15.8. The first-order valence-electron chi connectivity index (χ1n) is 18.5. The number of aromatic amines is 2. The smallest absolute Gasteiger partial charge is 0.0659 e. The van der Waals surface area contributed by atoms with Crippen LogP contribution in [0.3, 0.4) is 0 Å². The molecule has 0 amide bonds. The second-order valence-electron chi connectivity index (χ2n) is 13.1. The minimum absolute atomic E-state index is 0.915. The van der Waals surface area contributed by atoms with Crippen molar-refractivity contribution >= 4 is 67.9 Å². The molecule has 52 heavy (non-hydrogen) atoms. The third-order valence-electron chi connectivity index (χ3n) is 9.01. The molecule has 5 heterocycles. The molecule has 8 bridgehead atoms. The van der Waals surface area contributed by atoms with E-state index in [9.17, 15) is 0 Å². The lowest BCUT2D eigenvalue weighted by Gasteiger charge is -2.04. The van der Waals surface area contributed by atoms with E-state index in [0.717, 1.165) is 51.4 Å². The van der Waals surface area contributed by atoms with Gasteiger partial charge in [0.1, 0.15) is 0 Å². The topological polar surface area (TPSA) is 119 Å². The molecular weight excluding hydrogens is 641 g/mol. The first-order chi connectivity index (χ1) is 25.7. The number of aromatic nitrogens is 4. The van der Waals surface area contributed by atoms with Gasteiger partial charge in [0.05, 0.1) is 22.8 Å². The zero-order valence-electron chi connectivity index (χ0n) is 30.0. The van der Waals surface area contributed by atoms with Crippen molar-refractivity contribution in [3.8, 4) is 0 Å². The second kappa shape index (κ2) is 19.3. The number of unbranched alkanes of at least 4 members (excludes halogenated alkanes) is 7. The number of nitrogens with zero attached hydrogens (tertiary/aromatic N) is 2. The molecule has 0 spiro atoms. The zero-order valence-corrected chi connectivity index (χ0v) is 30.0. The molecular formula is C44H50N8. The zero-order chi connectivity index (χ0) is 35.8. The van der Waals surface area contributed by atoms with Gasteiger partial charge in [-0.1, -0.05) is 113 Å². The summed E-state index contributed by atoms with van der Waals surface area (Å²) in [4.78, 5) is 16.0. The molecule has 0 aliphatic carbocycles. The van der Waals surface area contributed by atoms with E-state index in [0.29, 0.717) is 0 Å². The Morgan fingerprint density at radius 3 is 1.44 bits per heavy atom. The van der Waals surface area contributed by atoms with E-state index in [-0.39, 0.29) is 0 Å². The fourth-order valence-electron chi connectivity index (χ4n) is 6.36. The Hall–Kier alpha value is -5.38. The molecule has 8 nitrogen and oxygen atoms in total. The summed E-state index contributed by atoms with van der Waals surface area (Å²) in [6.07, 6.45) is 18.9. The molecule has 0 saturated carbocycles. The summed E-state index contributed by atoms with van der Waals surface area (Å²) in [5, 5.41) is 5.30. The van der Waals surface area contributed by atoms with Crippen LogP contribution < -0.4 is 22.3 Å². The summed E-state index contributed by atoms with van der Waals surface area (Å²) >= 11 is 0. The van der Waals surface area contributed by atoms with Crippen molar-refractivity contribution in [2.75, 3.05) is 6.54 Å². The van der Waals surface area contributed by atoms with E-state index < -0.39 is 0 Å². The Morgan fingerprint density at radius 2 is 0.942 bits per heavy atom. The molecule has 0 radical (unpaired) electrons. The fraction of sp³-hybridized carbons (Fsp3) is 0.227. The van der Waals surface area contributed by atoms with Crippen LogP contribution in [-0.2, 0) is 0 Å². The van der Waals surface area contributed by atoms with Crippen molar-refractivity contribution in [2.45, 2.75) is 58.3 Å². The predicted molar refractivity (Wildman–Crippen MR) is 221 cm³/mol. The number of nitrogens with one attached hydrogen (secondary N) is 5. The Labute approximate surface area is 306 Å². The van der Waals surface area contributed by atoms with Crippen molar-refractivity contribution in [1.29, 1.82) is 0 Å². The molecule has 8 rings (SSSR count). The minimum Gasteiger partial charge on any atom is -0.355 e. The third kappa shape index (κ3) is 10.8. The molecule has 0 atom stereocenters. The lowest BCUT2D eigenvalue weighted by Crippen LogP contribution is -2.47. The average Bonchev–Trinajstić information content (AvgIpc) is 4.00. The van der Waals surface area contributed by atoms with Crippen LogP contribution in [0.2, 0.25) is 0 Å². The van der Waals surface area contributed by atoms with Crippen LogP contribution in [0.5, 0.6) is 0 Å². The standard InChI is InChI=1S/C20H14N4.C14H10.C10H26N4/c1-2-14-10-16-5-6-18(23-16)12-20-8-7-19(24-20)11-17-4-3-15(22-17)9-13(1)21-14;1-3-7-13-11(5-1)9-10-12-6-2-4-8-14(12)13;1-2-3-4-5-6-7-8-9-10-12-14-13-11/h1-12,21-22H;1-10H;12-14H,2-11H2,1H3. The lowest BCUT2D eigenvalue weighted by molar-refractivity contribution is 0.431. The number of hydrazine groups is 3. The van der Waals surface area contributed by atoms with Gasteiger partial charge in [-0.2, -0.15) is 11.1 Å². The van der Waals surface area contributed by atoms with Gasteiger partial charge < -0.3 is 9.97 Å². The van der Waals surface area contributed by atoms with Gasteiger partial charge in [-0.25, -0.2) is 15.4 Å². The van der Waals surface area contributed by atoms with Crippen molar-refractivity contribution < 1.29 is 0 Å². The first-order valence-corrected chi connectivity index (χ1v) is 18.5. The Morgan fingerprint density at radius 1 is 0.500 bits per heavy atom. The minimum atomic E-state index is 0.915. The Balaban J connectivity index is 0.000000144. The van der Waals surface area contributed by atoms with Gasteiger partial charge in [-0.3, -0.25) is 5.84 Å². The number of hydrogen-bond acceptors (Lipinski definition) is 6. The molecule has 7 N–H and O–H groups in total. The third-order valence-corrected chi connectivity index (χ3v) is 9.01. The highest BCUT2D eigenvalue weighted by atomic mass is 15.7. The number of nitrogens with two attached hydrogens (primary N) is 1. The normalized spacial score (nSPS) is 11.7. The van der Waals surface area contributed by atoms with Crippen LogP contribution in [0.25, 0.3) is 67.9 Å². The van der Waals surface area contributed by atoms with Crippen molar-refractivity contribution in [1.82, 2.24) is 36.4 Å². The molecule has 2 aliphatic heterocycles. The van der Waals surface area contributed by atoms with Gasteiger partial charge in [0, 0.05) is 28.6 Å². The summed E-state index contributed by atoms with van der Waals surface area (Å²) in [7, 11) is 0. The first kappa shape index (κ1) is 36.4. The second-order valence-corrected chi connectivity index (χ2v) is 13.1. The number of H-pyrrole nitrogens is 2. The highest BCUT2D eigenvalue weighted by Gasteiger charge is 2.02. The average molecular weight is 691 g/mol. The quantitative estimate of drug-likeness (QED) is 0.0348. The van der Waals surface area contributed by atoms with Crippen LogP contribution in [0.15, 0.2) is 109 Å². The monoisotopic (exact) mass is 690 g/mol. The van der Waals surface area contributed by atoms with E-state index in [4.69, 9.17) is 5.84 Å². The predicted octanol–water partition coefficient (Wildman–Crippen LogP) is 10.2. The van der Waals surface area contributed by atoms with Crippen molar-refractivity contribution in [3.63, 3.8) is 0 Å². The van der Waals surface area contributed by atoms with Gasteiger partial charge in [0.25, 0.3) is 0 Å². The molecule has 8 heteroatoms. The van der Waals surface area contributed by atoms with E-state index >= 15 is 0 Å². The summed E-state index contributed by atoms with van der Waals surface area (Å²) in [6, 6.07) is 37.8. The van der Waals surface area contributed by atoms with Crippen LogP contribution in [0.1, 0.15) is 81.1 Å². The van der Waals surface area contributed by atoms with E-state index in [2.05, 4.69) is 134 Å². The fourth-order valence-corrected chi connectivity index (χ4v) is 6.36. The molecule has 0 unspecified atom stereocenters. The number of benzene rings is 3. The lowest BCUT2D eigenvalue weighted by atomic mass is 10.0. The SMILES string of the molecule is C1=Cc2cc3ccc(cc4ccc(cc5nc(cc1n2)C=C5)[nH]4)[nH]3.CCCCCCCCCCNNNN.c1ccc2c(c1)ccc1ccccc12. The molecule has 0 fully saturated rings. The van der Waals surface area contributed by atoms with Gasteiger partial charge in [-0.15, -0.1) is 0 Å². The van der Waals surface area contributed by atoms with Gasteiger partial charge in [0.2, 0.25) is 0 Å². The van der Waals surface area contributed by atoms with Gasteiger partial charge in [0.15, 0.2) is 0 Å². The summed E-state index contributed by atoms with van der Waals surface area (Å²) < 4.78 is 0. The highest BCUT2D eigenvalue weighted by molar-refractivity contribution is 6.07. The maximum atomic E-state index is 5.01. The van der Waals surface area contributed by atoms with Gasteiger partial charge >= 0.3 is 0 Å². The summed E-state index contributed by atoms with van der Waals surface area (Å²) in [5.74, 6) is 5.01. The largest absolute Gasteiger partial charge is 0.355 e. The van der Waals surface area contributed by atoms with Crippen molar-refractivity contribution in [2.24, 2.45) is 5.84 Å². The van der Waals surface area contributed by atoms with Crippen LogP contribution in [-0.4, -0.2) is 26.5 Å². The molecule has 3 aromatic carbocycles. The van der Waals surface area contributed by atoms with Crippen LogP contribution in [0.4, 0.5) is 0 Å². The molecule has 0 saturated heterocycles. The number of hydrogen-bond donors (Lipinski definition) is 6. The highest BCUT2D eigenvalue weighted by Crippen LogP contribution is 2.24. The maximum Gasteiger partial charge on any atom is 0.0659 e. The molecule has 3 aromatic heterocycles. The van der Waals surface area contributed by atoms with E-state index in [1.807, 2.05) is 42.5 Å². The Bertz CT molecular complexity index is 2110. The van der Waals surface area contributed by atoms with E-state index in [1.165, 1.54) is 72.9 Å². The number of fused-ring (bicyclic) bond motifs is 11. The van der Waals surface area contributed by atoms with Crippen LogP contribution in [0, 0.1) is 0 Å². The Kier molecular flexibility index (Phi) is 13.5. The maximum absolute atomic E-state index is 5.01. The molecule has 266 valence electrons. The molecule has 6 aromatic rings.